The van der Waals surface area contributed by atoms with E-state index in [2.05, 4.69) is 55.3 Å². The molecule has 0 spiro atoms. The zero-order valence-electron chi connectivity index (χ0n) is 15.9. The number of hydrogen-bond donors (Lipinski definition) is 1. The summed E-state index contributed by atoms with van der Waals surface area (Å²) in [6.07, 6.45) is -0.319. The van der Waals surface area contributed by atoms with E-state index in [-0.39, 0.29) is 18.2 Å². The SMILES string of the molecule is C[C@@H]1[C@H](NC(=O)OC(C)(C)C)[C@@H](C)N(Cc2ccccc2)C[C@H]1C. The topological polar surface area (TPSA) is 41.6 Å². The average Bonchev–Trinajstić information content (AvgIpc) is 2.48. The van der Waals surface area contributed by atoms with Crippen LogP contribution in [0.3, 0.4) is 0 Å². The number of likely N-dealkylation sites (tertiary alicyclic amines) is 1. The van der Waals surface area contributed by atoms with Crippen molar-refractivity contribution in [2.75, 3.05) is 6.54 Å². The summed E-state index contributed by atoms with van der Waals surface area (Å²) in [6.45, 7) is 14.3. The Morgan fingerprint density at radius 3 is 2.42 bits per heavy atom. The first kappa shape index (κ1) is 18.8. The lowest BCUT2D eigenvalue weighted by Gasteiger charge is -2.46. The van der Waals surface area contributed by atoms with Crippen molar-refractivity contribution in [3.63, 3.8) is 0 Å². The van der Waals surface area contributed by atoms with Crippen LogP contribution in [0.5, 0.6) is 0 Å². The van der Waals surface area contributed by atoms with Gasteiger partial charge in [0.15, 0.2) is 0 Å². The lowest BCUT2D eigenvalue weighted by atomic mass is 9.80. The molecule has 1 saturated heterocycles. The molecule has 0 unspecified atom stereocenters. The Balaban J connectivity index is 2.07. The molecule has 1 aromatic carbocycles. The second kappa shape index (κ2) is 7.56. The van der Waals surface area contributed by atoms with E-state index in [4.69, 9.17) is 4.74 Å². The monoisotopic (exact) mass is 332 g/mol. The zero-order chi connectivity index (χ0) is 17.9. The number of nitrogens with zero attached hydrogens (tertiary/aromatic N) is 1. The summed E-state index contributed by atoms with van der Waals surface area (Å²) in [6, 6.07) is 10.9. The maximum atomic E-state index is 12.2. The third kappa shape index (κ3) is 4.97. The molecule has 4 atom stereocenters. The maximum Gasteiger partial charge on any atom is 0.407 e. The number of piperidine rings is 1. The fourth-order valence-electron chi connectivity index (χ4n) is 3.44. The summed E-state index contributed by atoms with van der Waals surface area (Å²) >= 11 is 0. The summed E-state index contributed by atoms with van der Waals surface area (Å²) < 4.78 is 5.46. The summed E-state index contributed by atoms with van der Waals surface area (Å²) in [5.41, 5.74) is 0.836. The van der Waals surface area contributed by atoms with Crippen LogP contribution < -0.4 is 5.32 Å². The number of benzene rings is 1. The van der Waals surface area contributed by atoms with E-state index in [0.29, 0.717) is 11.8 Å². The number of alkyl carbamates (subject to hydrolysis) is 1. The molecule has 1 aromatic rings. The molecule has 0 bridgehead atoms. The van der Waals surface area contributed by atoms with Crippen molar-refractivity contribution in [3.05, 3.63) is 35.9 Å². The van der Waals surface area contributed by atoms with Crippen LogP contribution in [0.15, 0.2) is 30.3 Å². The van der Waals surface area contributed by atoms with Crippen molar-refractivity contribution in [2.45, 2.75) is 65.8 Å². The van der Waals surface area contributed by atoms with Gasteiger partial charge in [-0.2, -0.15) is 0 Å². The average molecular weight is 332 g/mol. The van der Waals surface area contributed by atoms with E-state index in [1.165, 1.54) is 5.56 Å². The van der Waals surface area contributed by atoms with Crippen LogP contribution in [-0.4, -0.2) is 35.2 Å². The molecule has 1 aliphatic rings. The number of carbonyl (C=O) groups excluding carboxylic acids is 1. The number of hydrogen-bond acceptors (Lipinski definition) is 3. The molecular formula is C20H32N2O2. The minimum atomic E-state index is -0.472. The van der Waals surface area contributed by atoms with Crippen molar-refractivity contribution in [1.82, 2.24) is 10.2 Å². The van der Waals surface area contributed by atoms with Gasteiger partial charge in [0.1, 0.15) is 5.60 Å². The van der Waals surface area contributed by atoms with Gasteiger partial charge in [0, 0.05) is 19.1 Å². The second-order valence-corrected chi connectivity index (χ2v) is 8.16. The molecule has 4 nitrogen and oxygen atoms in total. The summed E-state index contributed by atoms with van der Waals surface area (Å²) in [5, 5.41) is 3.12. The molecule has 0 aromatic heterocycles. The highest BCUT2D eigenvalue weighted by Gasteiger charge is 2.38. The van der Waals surface area contributed by atoms with Gasteiger partial charge in [0.05, 0.1) is 6.04 Å². The van der Waals surface area contributed by atoms with Crippen molar-refractivity contribution in [3.8, 4) is 0 Å². The van der Waals surface area contributed by atoms with Crippen molar-refractivity contribution < 1.29 is 9.53 Å². The van der Waals surface area contributed by atoms with E-state index in [0.717, 1.165) is 13.1 Å². The number of rotatable bonds is 3. The summed E-state index contributed by atoms with van der Waals surface area (Å²) in [5.74, 6) is 0.935. The van der Waals surface area contributed by atoms with Crippen molar-refractivity contribution >= 4 is 6.09 Å². The molecule has 1 amide bonds. The molecule has 0 aliphatic carbocycles. The first-order chi connectivity index (χ1) is 11.2. The molecule has 4 heteroatoms. The van der Waals surface area contributed by atoms with Gasteiger partial charge >= 0.3 is 6.09 Å². The Bertz CT molecular complexity index is 538. The first-order valence-electron chi connectivity index (χ1n) is 8.95. The van der Waals surface area contributed by atoms with Gasteiger partial charge in [0.25, 0.3) is 0 Å². The van der Waals surface area contributed by atoms with Gasteiger partial charge < -0.3 is 10.1 Å². The Morgan fingerprint density at radius 1 is 1.21 bits per heavy atom. The van der Waals surface area contributed by atoms with Crippen LogP contribution in [0.2, 0.25) is 0 Å². The molecule has 1 N–H and O–H groups in total. The smallest absolute Gasteiger partial charge is 0.407 e. The predicted molar refractivity (Wildman–Crippen MR) is 97.8 cm³/mol. The van der Waals surface area contributed by atoms with E-state index >= 15 is 0 Å². The minimum Gasteiger partial charge on any atom is -0.444 e. The number of amides is 1. The molecule has 2 rings (SSSR count). The molecule has 24 heavy (non-hydrogen) atoms. The maximum absolute atomic E-state index is 12.2. The minimum absolute atomic E-state index is 0.0901. The van der Waals surface area contributed by atoms with Gasteiger partial charge in [-0.1, -0.05) is 44.2 Å². The quantitative estimate of drug-likeness (QED) is 0.907. The Hall–Kier alpha value is -1.55. The fraction of sp³-hybridized carbons (Fsp3) is 0.650. The largest absolute Gasteiger partial charge is 0.444 e. The van der Waals surface area contributed by atoms with Crippen molar-refractivity contribution in [2.24, 2.45) is 11.8 Å². The Kier molecular flexibility index (Phi) is 5.92. The van der Waals surface area contributed by atoms with Gasteiger partial charge in [-0.25, -0.2) is 4.79 Å². The number of ether oxygens (including phenoxy) is 1. The third-order valence-electron chi connectivity index (χ3n) is 4.99. The van der Waals surface area contributed by atoms with Crippen molar-refractivity contribution in [1.29, 1.82) is 0 Å². The number of carbonyl (C=O) groups is 1. The number of nitrogens with one attached hydrogen (secondary N) is 1. The molecule has 134 valence electrons. The highest BCUT2D eigenvalue weighted by molar-refractivity contribution is 5.68. The van der Waals surface area contributed by atoms with Crippen LogP contribution in [-0.2, 0) is 11.3 Å². The predicted octanol–water partition coefficient (Wildman–Crippen LogP) is 4.06. The van der Waals surface area contributed by atoms with Crippen LogP contribution >= 0.6 is 0 Å². The Morgan fingerprint density at radius 2 is 1.83 bits per heavy atom. The molecular weight excluding hydrogens is 300 g/mol. The van der Waals surface area contributed by atoms with E-state index < -0.39 is 5.60 Å². The van der Waals surface area contributed by atoms with Gasteiger partial charge in [-0.3, -0.25) is 4.90 Å². The van der Waals surface area contributed by atoms with E-state index in [1.807, 2.05) is 26.8 Å². The second-order valence-electron chi connectivity index (χ2n) is 8.16. The molecule has 0 radical (unpaired) electrons. The van der Waals surface area contributed by atoms with Gasteiger partial charge in [0.2, 0.25) is 0 Å². The molecule has 1 aliphatic heterocycles. The lowest BCUT2D eigenvalue weighted by Crippen LogP contribution is -2.60. The standard InChI is InChI=1S/C20H32N2O2/c1-14-12-22(13-17-10-8-7-9-11-17)16(3)18(15(14)2)21-19(23)24-20(4,5)6/h7-11,14-16,18H,12-13H2,1-6H3,(H,21,23)/t14-,15+,16-,18+/m1/s1. The van der Waals surface area contributed by atoms with E-state index in [9.17, 15) is 4.79 Å². The highest BCUT2D eigenvalue weighted by Crippen LogP contribution is 2.29. The van der Waals surface area contributed by atoms with Gasteiger partial charge in [-0.15, -0.1) is 0 Å². The lowest BCUT2D eigenvalue weighted by molar-refractivity contribution is 0.0197. The van der Waals surface area contributed by atoms with E-state index in [1.54, 1.807) is 0 Å². The highest BCUT2D eigenvalue weighted by atomic mass is 16.6. The Labute approximate surface area is 146 Å². The first-order valence-corrected chi connectivity index (χ1v) is 8.95. The summed E-state index contributed by atoms with van der Waals surface area (Å²) in [7, 11) is 0. The normalized spacial score (nSPS) is 28.4. The molecule has 0 saturated carbocycles. The van der Waals surface area contributed by atoms with Crippen LogP contribution in [0.1, 0.15) is 47.1 Å². The third-order valence-corrected chi connectivity index (χ3v) is 4.99. The molecule has 1 fully saturated rings. The van der Waals surface area contributed by atoms with Crippen LogP contribution in [0, 0.1) is 11.8 Å². The zero-order valence-corrected chi connectivity index (χ0v) is 15.9. The fourth-order valence-corrected chi connectivity index (χ4v) is 3.44. The summed E-state index contributed by atoms with van der Waals surface area (Å²) in [4.78, 5) is 14.7. The van der Waals surface area contributed by atoms with Gasteiger partial charge in [-0.05, 0) is 45.1 Å². The van der Waals surface area contributed by atoms with Crippen LogP contribution in [0.25, 0.3) is 0 Å². The van der Waals surface area contributed by atoms with Crippen LogP contribution in [0.4, 0.5) is 4.79 Å². The molecule has 1 heterocycles.